The maximum atomic E-state index is 12.9. The van der Waals surface area contributed by atoms with Crippen LogP contribution < -0.4 is 0 Å². The molecule has 0 aromatic rings. The highest BCUT2D eigenvalue weighted by Crippen LogP contribution is 2.34. The van der Waals surface area contributed by atoms with Gasteiger partial charge in [-0.1, -0.05) is 39.5 Å². The molecule has 5 heteroatoms. The predicted molar refractivity (Wildman–Crippen MR) is 126 cm³/mol. The molecule has 0 radical (unpaired) electrons. The van der Waals surface area contributed by atoms with Crippen LogP contribution in [-0.4, -0.2) is 40.0 Å². The number of rotatable bonds is 7. The predicted octanol–water partition coefficient (Wildman–Crippen LogP) is 6.48. The van der Waals surface area contributed by atoms with Crippen molar-refractivity contribution in [2.45, 2.75) is 152 Å². The molecule has 4 saturated carbocycles. The highest BCUT2D eigenvalue weighted by molar-refractivity contribution is 7.80. The van der Waals surface area contributed by atoms with E-state index in [1.54, 1.807) is 0 Å². The third kappa shape index (κ3) is 7.52. The van der Waals surface area contributed by atoms with Gasteiger partial charge in [-0.05, 0) is 88.9 Å². The van der Waals surface area contributed by atoms with Crippen LogP contribution >= 0.6 is 0 Å². The van der Waals surface area contributed by atoms with Crippen LogP contribution in [0.5, 0.6) is 0 Å². The third-order valence-corrected chi connectivity index (χ3v) is 9.77. The minimum atomic E-state index is -1.15. The molecule has 0 aromatic carbocycles. The van der Waals surface area contributed by atoms with Crippen molar-refractivity contribution in [3.8, 4) is 0 Å². The minimum absolute atomic E-state index is 0.156. The lowest BCUT2D eigenvalue weighted by atomic mass is 9.88. The molecule has 31 heavy (non-hydrogen) atoms. The molecule has 4 nitrogen and oxygen atoms in total. The van der Waals surface area contributed by atoms with Gasteiger partial charge in [-0.15, -0.1) is 0 Å². The van der Waals surface area contributed by atoms with Crippen molar-refractivity contribution in [3.05, 3.63) is 0 Å². The molecular formula is C26H46O4S. The highest BCUT2D eigenvalue weighted by atomic mass is 32.2. The largest absolute Gasteiger partial charge is 0.375 e. The second kappa shape index (κ2) is 11.9. The summed E-state index contributed by atoms with van der Waals surface area (Å²) in [4.78, 5) is 0. The Labute approximate surface area is 193 Å². The quantitative estimate of drug-likeness (QED) is 0.442. The number of hydrogen-bond acceptors (Lipinski definition) is 4. The zero-order valence-corrected chi connectivity index (χ0v) is 20.8. The normalized spacial score (nSPS) is 43.4. The van der Waals surface area contributed by atoms with E-state index in [4.69, 9.17) is 13.7 Å². The van der Waals surface area contributed by atoms with E-state index in [0.717, 1.165) is 63.2 Å². The fourth-order valence-electron chi connectivity index (χ4n) is 6.39. The molecule has 0 saturated heterocycles. The van der Waals surface area contributed by atoms with Crippen LogP contribution in [0.2, 0.25) is 0 Å². The first kappa shape index (κ1) is 24.2. The van der Waals surface area contributed by atoms with Crippen LogP contribution in [0, 0.1) is 11.8 Å². The highest BCUT2D eigenvalue weighted by Gasteiger charge is 2.32. The molecule has 4 aliphatic rings. The van der Waals surface area contributed by atoms with Gasteiger partial charge >= 0.3 is 0 Å². The van der Waals surface area contributed by atoms with E-state index >= 15 is 0 Å². The molecule has 4 fully saturated rings. The molecule has 0 N–H and O–H groups in total. The van der Waals surface area contributed by atoms with Gasteiger partial charge in [0.15, 0.2) is 11.1 Å². The van der Waals surface area contributed by atoms with Crippen molar-refractivity contribution < 1.29 is 17.9 Å². The summed E-state index contributed by atoms with van der Waals surface area (Å²) in [5, 5.41) is 0.197. The fraction of sp³-hybridized carbons (Fsp3) is 1.00. The van der Waals surface area contributed by atoms with E-state index in [2.05, 4.69) is 13.8 Å². The molecule has 0 aromatic heterocycles. The first-order valence-electron chi connectivity index (χ1n) is 13.4. The summed E-state index contributed by atoms with van der Waals surface area (Å²) in [7, 11) is 0. The maximum absolute atomic E-state index is 12.9. The van der Waals surface area contributed by atoms with Crippen molar-refractivity contribution >= 4 is 11.1 Å². The zero-order chi connectivity index (χ0) is 21.6. The average molecular weight is 455 g/mol. The lowest BCUT2D eigenvalue weighted by molar-refractivity contribution is -0.0636. The molecule has 0 aliphatic heterocycles. The molecule has 4 aliphatic carbocycles. The second-order valence-electron chi connectivity index (χ2n) is 11.2. The van der Waals surface area contributed by atoms with E-state index in [9.17, 15) is 4.21 Å². The Morgan fingerprint density at radius 2 is 1.00 bits per heavy atom. The Balaban J connectivity index is 1.11. The first-order chi connectivity index (χ1) is 15.0. The number of ether oxygens (including phenoxy) is 2. The summed E-state index contributed by atoms with van der Waals surface area (Å²) in [5.74, 6) is 1.62. The third-order valence-electron chi connectivity index (χ3n) is 8.29. The second-order valence-corrected chi connectivity index (χ2v) is 12.6. The fourth-order valence-corrected chi connectivity index (χ4v) is 7.66. The summed E-state index contributed by atoms with van der Waals surface area (Å²) in [6, 6.07) is 0. The van der Waals surface area contributed by atoms with Crippen molar-refractivity contribution in [1.29, 1.82) is 0 Å². The monoisotopic (exact) mass is 454 g/mol. The Morgan fingerprint density at radius 1 is 0.548 bits per heavy atom. The summed E-state index contributed by atoms with van der Waals surface area (Å²) in [6.07, 6.45) is 20.3. The lowest BCUT2D eigenvalue weighted by Gasteiger charge is -2.35. The van der Waals surface area contributed by atoms with Crippen LogP contribution in [0.1, 0.15) is 117 Å². The summed E-state index contributed by atoms with van der Waals surface area (Å²) in [6.45, 7) is 4.70. The Kier molecular flexibility index (Phi) is 9.31. The first-order valence-corrected chi connectivity index (χ1v) is 14.6. The van der Waals surface area contributed by atoms with Gasteiger partial charge in [0.25, 0.3) is 0 Å². The molecule has 0 spiro atoms. The molecule has 5 atom stereocenters. The van der Waals surface area contributed by atoms with Crippen LogP contribution in [0.3, 0.4) is 0 Å². The molecular weight excluding hydrogens is 408 g/mol. The average Bonchev–Trinajstić information content (AvgIpc) is 2.76. The summed E-state index contributed by atoms with van der Waals surface area (Å²) >= 11 is -1.15. The van der Waals surface area contributed by atoms with E-state index in [0.29, 0.717) is 24.4 Å². The molecule has 180 valence electrons. The zero-order valence-electron chi connectivity index (χ0n) is 20.0. The Morgan fingerprint density at radius 3 is 1.48 bits per heavy atom. The van der Waals surface area contributed by atoms with Gasteiger partial charge in [-0.3, -0.25) is 4.18 Å². The Hall–Kier alpha value is 0.0300. The molecule has 0 amide bonds. The van der Waals surface area contributed by atoms with Crippen LogP contribution in [0.25, 0.3) is 0 Å². The van der Waals surface area contributed by atoms with Crippen molar-refractivity contribution in [1.82, 2.24) is 0 Å². The topological polar surface area (TPSA) is 44.8 Å². The standard InChI is InChI=1S/C26H46O4S/c1-19-5-3-7-24(17-19)28-21-9-11-23(12-10-21)30-31(27)26-15-13-22(14-16-26)29-25-8-4-6-20(2)18-25/h19-26H,3-18H2,1-2H3. The van der Waals surface area contributed by atoms with Crippen molar-refractivity contribution in [2.24, 2.45) is 11.8 Å². The van der Waals surface area contributed by atoms with Gasteiger partial charge in [-0.25, -0.2) is 4.21 Å². The lowest BCUT2D eigenvalue weighted by Crippen LogP contribution is -2.35. The Bertz CT molecular complexity index is 554. The van der Waals surface area contributed by atoms with Gasteiger partial charge in [0.1, 0.15) is 0 Å². The summed E-state index contributed by atoms with van der Waals surface area (Å²) < 4.78 is 31.7. The van der Waals surface area contributed by atoms with E-state index in [-0.39, 0.29) is 11.4 Å². The SMILES string of the molecule is CC1CCCC(OC2CCC(OS(=O)C3CCC(OC4CCCC(C)C4)CC3)CC2)C1. The molecule has 0 heterocycles. The van der Waals surface area contributed by atoms with Crippen LogP contribution in [0.4, 0.5) is 0 Å². The van der Waals surface area contributed by atoms with Crippen LogP contribution in [0.15, 0.2) is 0 Å². The van der Waals surface area contributed by atoms with Gasteiger partial charge in [-0.2, -0.15) is 0 Å². The molecule has 0 bridgehead atoms. The molecule has 4 rings (SSSR count). The molecule has 5 unspecified atom stereocenters. The minimum Gasteiger partial charge on any atom is -0.375 e. The van der Waals surface area contributed by atoms with E-state index in [1.165, 1.54) is 51.4 Å². The van der Waals surface area contributed by atoms with Gasteiger partial charge < -0.3 is 9.47 Å². The summed E-state index contributed by atoms with van der Waals surface area (Å²) in [5.41, 5.74) is 0. The van der Waals surface area contributed by atoms with E-state index < -0.39 is 11.1 Å². The number of hydrogen-bond donors (Lipinski definition) is 0. The smallest absolute Gasteiger partial charge is 0.158 e. The van der Waals surface area contributed by atoms with Gasteiger partial charge in [0.2, 0.25) is 0 Å². The van der Waals surface area contributed by atoms with Crippen molar-refractivity contribution in [3.63, 3.8) is 0 Å². The maximum Gasteiger partial charge on any atom is 0.158 e. The van der Waals surface area contributed by atoms with Gasteiger partial charge in [0.05, 0.1) is 35.8 Å². The van der Waals surface area contributed by atoms with Crippen LogP contribution in [-0.2, 0) is 24.7 Å². The van der Waals surface area contributed by atoms with Gasteiger partial charge in [0, 0.05) is 0 Å². The van der Waals surface area contributed by atoms with E-state index in [1.807, 2.05) is 0 Å². The van der Waals surface area contributed by atoms with Crippen molar-refractivity contribution in [2.75, 3.05) is 0 Å².